The lowest BCUT2D eigenvalue weighted by Gasteiger charge is -2.03. The molecule has 1 rings (SSSR count). The third kappa shape index (κ3) is 4.34. The van der Waals surface area contributed by atoms with Gasteiger partial charge in [-0.3, -0.25) is 0 Å². The lowest BCUT2D eigenvalue weighted by Crippen LogP contribution is -2.05. The maximum Gasteiger partial charge on any atom is 0.244 e. The van der Waals surface area contributed by atoms with E-state index < -0.39 is 0 Å². The number of aromatic nitrogens is 3. The number of rotatable bonds is 6. The predicted molar refractivity (Wildman–Crippen MR) is 54.4 cm³/mol. The minimum absolute atomic E-state index is 0.159. The van der Waals surface area contributed by atoms with Gasteiger partial charge in [0, 0.05) is 20.3 Å². The molecule has 0 radical (unpaired) electrons. The monoisotopic (exact) mass is 216 g/mol. The average Bonchev–Trinajstić information content (AvgIpc) is 2.18. The fourth-order valence-corrected chi connectivity index (χ4v) is 1.09. The van der Waals surface area contributed by atoms with Crippen LogP contribution in [0.2, 0.25) is 5.28 Å². The number of nitrogens with zero attached hydrogens (tertiary/aromatic N) is 3. The van der Waals surface area contributed by atoms with Gasteiger partial charge in [0.25, 0.3) is 0 Å². The fraction of sp³-hybridized carbons (Fsp3) is 0.625. The first-order chi connectivity index (χ1) is 6.83. The van der Waals surface area contributed by atoms with Crippen LogP contribution in [0.4, 0.5) is 5.82 Å². The van der Waals surface area contributed by atoms with Gasteiger partial charge in [-0.2, -0.15) is 10.1 Å². The largest absolute Gasteiger partial charge is 0.385 e. The van der Waals surface area contributed by atoms with Crippen LogP contribution in [-0.4, -0.2) is 35.4 Å². The standard InChI is InChI=1S/C8H13ClN4O/c1-14-5-3-2-4-10-7-6-11-13-8(9)12-7/h6H,2-5H2,1H3,(H,10,12,13). The Labute approximate surface area is 87.9 Å². The van der Waals surface area contributed by atoms with Crippen LogP contribution in [0.25, 0.3) is 0 Å². The number of methoxy groups -OCH3 is 1. The van der Waals surface area contributed by atoms with Crippen LogP contribution in [-0.2, 0) is 4.74 Å². The molecule has 1 aromatic heterocycles. The van der Waals surface area contributed by atoms with E-state index in [1.807, 2.05) is 0 Å². The minimum atomic E-state index is 0.159. The molecule has 0 fully saturated rings. The lowest BCUT2D eigenvalue weighted by molar-refractivity contribution is 0.194. The Morgan fingerprint density at radius 1 is 1.50 bits per heavy atom. The molecule has 0 amide bonds. The summed E-state index contributed by atoms with van der Waals surface area (Å²) in [5.74, 6) is 0.655. The molecule has 1 N–H and O–H groups in total. The van der Waals surface area contributed by atoms with E-state index in [-0.39, 0.29) is 5.28 Å². The predicted octanol–water partition coefficient (Wildman–Crippen LogP) is 1.36. The first-order valence-corrected chi connectivity index (χ1v) is 4.79. The summed E-state index contributed by atoms with van der Waals surface area (Å²) in [6.07, 6.45) is 3.59. The molecule has 6 heteroatoms. The molecule has 0 unspecified atom stereocenters. The molecule has 0 aliphatic rings. The lowest BCUT2D eigenvalue weighted by atomic mass is 10.3. The Hall–Kier alpha value is -0.940. The van der Waals surface area contributed by atoms with Crippen molar-refractivity contribution in [3.63, 3.8) is 0 Å². The van der Waals surface area contributed by atoms with E-state index >= 15 is 0 Å². The highest BCUT2D eigenvalue weighted by Gasteiger charge is 1.96. The molecule has 1 aromatic rings. The molecular formula is C8H13ClN4O. The molecule has 0 atom stereocenters. The van der Waals surface area contributed by atoms with Gasteiger partial charge in [0.2, 0.25) is 5.28 Å². The van der Waals surface area contributed by atoms with Crippen LogP contribution in [0.3, 0.4) is 0 Å². The van der Waals surface area contributed by atoms with Gasteiger partial charge in [0.15, 0.2) is 0 Å². The highest BCUT2D eigenvalue weighted by atomic mass is 35.5. The third-order valence-electron chi connectivity index (χ3n) is 1.61. The van der Waals surface area contributed by atoms with Gasteiger partial charge in [0.05, 0.1) is 6.20 Å². The number of hydrogen-bond donors (Lipinski definition) is 1. The molecule has 0 saturated carbocycles. The van der Waals surface area contributed by atoms with Crippen molar-refractivity contribution in [2.24, 2.45) is 0 Å². The molecule has 5 nitrogen and oxygen atoms in total. The average molecular weight is 217 g/mol. The van der Waals surface area contributed by atoms with Crippen LogP contribution in [0.1, 0.15) is 12.8 Å². The van der Waals surface area contributed by atoms with Crippen molar-refractivity contribution in [2.45, 2.75) is 12.8 Å². The molecule has 0 aromatic carbocycles. The second-order valence-electron chi connectivity index (χ2n) is 2.74. The van der Waals surface area contributed by atoms with E-state index in [0.717, 1.165) is 26.0 Å². The van der Waals surface area contributed by atoms with Crippen molar-refractivity contribution in [3.8, 4) is 0 Å². The van der Waals surface area contributed by atoms with Gasteiger partial charge in [-0.05, 0) is 24.4 Å². The van der Waals surface area contributed by atoms with E-state index in [0.29, 0.717) is 5.82 Å². The second kappa shape index (κ2) is 6.50. The van der Waals surface area contributed by atoms with Gasteiger partial charge in [-0.1, -0.05) is 0 Å². The molecule has 0 saturated heterocycles. The number of halogens is 1. The number of unbranched alkanes of at least 4 members (excludes halogenated alkanes) is 1. The number of anilines is 1. The van der Waals surface area contributed by atoms with Crippen molar-refractivity contribution in [2.75, 3.05) is 25.6 Å². The van der Waals surface area contributed by atoms with Gasteiger partial charge in [-0.25, -0.2) is 0 Å². The van der Waals surface area contributed by atoms with Crippen LogP contribution >= 0.6 is 11.6 Å². The molecule has 14 heavy (non-hydrogen) atoms. The fourth-order valence-electron chi connectivity index (χ4n) is 0.955. The van der Waals surface area contributed by atoms with Gasteiger partial charge >= 0.3 is 0 Å². The molecule has 0 spiro atoms. The zero-order chi connectivity index (χ0) is 10.2. The van der Waals surface area contributed by atoms with Crippen LogP contribution in [0.15, 0.2) is 6.20 Å². The Morgan fingerprint density at radius 3 is 3.07 bits per heavy atom. The topological polar surface area (TPSA) is 59.9 Å². The van der Waals surface area contributed by atoms with E-state index in [2.05, 4.69) is 20.5 Å². The highest BCUT2D eigenvalue weighted by Crippen LogP contribution is 2.03. The highest BCUT2D eigenvalue weighted by molar-refractivity contribution is 6.28. The van der Waals surface area contributed by atoms with Gasteiger partial charge < -0.3 is 10.1 Å². The van der Waals surface area contributed by atoms with Crippen LogP contribution in [0.5, 0.6) is 0 Å². The number of ether oxygens (including phenoxy) is 1. The van der Waals surface area contributed by atoms with Crippen molar-refractivity contribution in [3.05, 3.63) is 11.5 Å². The summed E-state index contributed by atoms with van der Waals surface area (Å²) in [5.41, 5.74) is 0. The van der Waals surface area contributed by atoms with E-state index in [1.54, 1.807) is 13.3 Å². The van der Waals surface area contributed by atoms with Crippen LogP contribution in [0, 0.1) is 0 Å². The van der Waals surface area contributed by atoms with Gasteiger partial charge in [-0.15, -0.1) is 5.10 Å². The normalized spacial score (nSPS) is 10.1. The summed E-state index contributed by atoms with van der Waals surface area (Å²) in [5, 5.41) is 10.5. The van der Waals surface area contributed by atoms with Gasteiger partial charge in [0.1, 0.15) is 5.82 Å². The molecular weight excluding hydrogens is 204 g/mol. The molecule has 0 bridgehead atoms. The SMILES string of the molecule is COCCCCNc1cnnc(Cl)n1. The molecule has 1 heterocycles. The summed E-state index contributed by atoms with van der Waals surface area (Å²) in [7, 11) is 1.70. The van der Waals surface area contributed by atoms with E-state index in [4.69, 9.17) is 16.3 Å². The summed E-state index contributed by atoms with van der Waals surface area (Å²) in [6.45, 7) is 1.61. The second-order valence-corrected chi connectivity index (χ2v) is 3.08. The van der Waals surface area contributed by atoms with E-state index in [1.165, 1.54) is 0 Å². The summed E-state index contributed by atoms with van der Waals surface area (Å²) in [4.78, 5) is 3.94. The smallest absolute Gasteiger partial charge is 0.244 e. The Bertz CT molecular complexity index is 271. The quantitative estimate of drug-likeness (QED) is 0.728. The first-order valence-electron chi connectivity index (χ1n) is 4.41. The summed E-state index contributed by atoms with van der Waals surface area (Å²) >= 11 is 5.56. The van der Waals surface area contributed by atoms with Crippen LogP contribution < -0.4 is 5.32 Å². The zero-order valence-electron chi connectivity index (χ0n) is 8.03. The first kappa shape index (κ1) is 11.1. The number of hydrogen-bond acceptors (Lipinski definition) is 5. The summed E-state index contributed by atoms with van der Waals surface area (Å²) in [6, 6.07) is 0. The Kier molecular flexibility index (Phi) is 5.17. The third-order valence-corrected chi connectivity index (χ3v) is 1.77. The van der Waals surface area contributed by atoms with Crippen molar-refractivity contribution >= 4 is 17.4 Å². The van der Waals surface area contributed by atoms with E-state index in [9.17, 15) is 0 Å². The minimum Gasteiger partial charge on any atom is -0.385 e. The maximum atomic E-state index is 5.56. The van der Waals surface area contributed by atoms with Crippen molar-refractivity contribution in [1.82, 2.24) is 15.2 Å². The van der Waals surface area contributed by atoms with Crippen molar-refractivity contribution < 1.29 is 4.74 Å². The maximum absolute atomic E-state index is 5.56. The Morgan fingerprint density at radius 2 is 2.36 bits per heavy atom. The Balaban J connectivity index is 2.18. The molecule has 0 aliphatic carbocycles. The molecule has 78 valence electrons. The zero-order valence-corrected chi connectivity index (χ0v) is 8.79. The molecule has 0 aliphatic heterocycles. The van der Waals surface area contributed by atoms with Crippen molar-refractivity contribution in [1.29, 1.82) is 0 Å². The number of nitrogens with one attached hydrogen (secondary N) is 1. The summed E-state index contributed by atoms with van der Waals surface area (Å²) < 4.78 is 4.93.